The molecular weight excluding hydrogens is 198 g/mol. The molecule has 2 heterocycles. The summed E-state index contributed by atoms with van der Waals surface area (Å²) in [7, 11) is 0. The van der Waals surface area contributed by atoms with Crippen molar-refractivity contribution in [3.05, 3.63) is 18.2 Å². The van der Waals surface area contributed by atoms with Crippen LogP contribution in [0.15, 0.2) is 12.5 Å². The van der Waals surface area contributed by atoms with Crippen molar-refractivity contribution < 1.29 is 0 Å². The molecule has 0 bridgehead atoms. The van der Waals surface area contributed by atoms with Gasteiger partial charge in [-0.2, -0.15) is 0 Å². The van der Waals surface area contributed by atoms with Crippen molar-refractivity contribution in [2.75, 3.05) is 6.54 Å². The molecule has 88 valence electrons. The molecule has 0 spiro atoms. The summed E-state index contributed by atoms with van der Waals surface area (Å²) in [6.45, 7) is 3.51. The number of nitrogens with one attached hydrogen (secondary N) is 1. The zero-order valence-corrected chi connectivity index (χ0v) is 10.0. The normalized spacial score (nSPS) is 27.9. The lowest BCUT2D eigenvalue weighted by atomic mass is 9.80. The second-order valence-corrected chi connectivity index (χ2v) is 5.31. The fraction of sp³-hybridized carbons (Fsp3) is 0.769. The first-order chi connectivity index (χ1) is 7.86. The molecule has 1 saturated carbocycles. The van der Waals surface area contributed by atoms with Gasteiger partial charge < -0.3 is 9.88 Å². The molecule has 1 saturated heterocycles. The first-order valence-electron chi connectivity index (χ1n) is 6.61. The third-order valence-electron chi connectivity index (χ3n) is 4.38. The van der Waals surface area contributed by atoms with Crippen LogP contribution < -0.4 is 5.32 Å². The molecule has 16 heavy (non-hydrogen) atoms. The third kappa shape index (κ3) is 1.67. The topological polar surface area (TPSA) is 29.9 Å². The number of imidazole rings is 1. The number of hydrogen-bond acceptors (Lipinski definition) is 2. The van der Waals surface area contributed by atoms with E-state index in [2.05, 4.69) is 28.0 Å². The minimum Gasteiger partial charge on any atom is -0.330 e. The average Bonchev–Trinajstić information content (AvgIpc) is 2.85. The molecule has 3 rings (SSSR count). The maximum atomic E-state index is 4.35. The van der Waals surface area contributed by atoms with E-state index < -0.39 is 0 Å². The summed E-state index contributed by atoms with van der Waals surface area (Å²) in [6, 6.07) is 1.18. The van der Waals surface area contributed by atoms with Crippen LogP contribution >= 0.6 is 0 Å². The van der Waals surface area contributed by atoms with Gasteiger partial charge in [-0.05, 0) is 45.1 Å². The minimum absolute atomic E-state index is 0.546. The molecule has 0 aromatic carbocycles. The Hall–Kier alpha value is -0.830. The van der Waals surface area contributed by atoms with Gasteiger partial charge in [-0.3, -0.25) is 0 Å². The summed E-state index contributed by atoms with van der Waals surface area (Å²) >= 11 is 0. The lowest BCUT2D eigenvalue weighted by Gasteiger charge is -2.33. The SMILES string of the molecule is CC(C1CCC1)n1cncc1[C@@H]1CCCN1. The molecule has 0 amide bonds. The van der Waals surface area contributed by atoms with Crippen molar-refractivity contribution in [1.29, 1.82) is 0 Å². The molecule has 2 atom stereocenters. The van der Waals surface area contributed by atoms with Crippen molar-refractivity contribution in [3.63, 3.8) is 0 Å². The van der Waals surface area contributed by atoms with Gasteiger partial charge in [-0.25, -0.2) is 4.98 Å². The quantitative estimate of drug-likeness (QED) is 0.847. The zero-order chi connectivity index (χ0) is 11.0. The van der Waals surface area contributed by atoms with Crippen LogP contribution in [0.2, 0.25) is 0 Å². The van der Waals surface area contributed by atoms with Crippen LogP contribution in [0.1, 0.15) is 56.8 Å². The molecule has 1 N–H and O–H groups in total. The van der Waals surface area contributed by atoms with E-state index in [9.17, 15) is 0 Å². The molecule has 1 unspecified atom stereocenters. The van der Waals surface area contributed by atoms with Gasteiger partial charge in [0, 0.05) is 18.3 Å². The predicted octanol–water partition coefficient (Wildman–Crippen LogP) is 2.67. The van der Waals surface area contributed by atoms with Gasteiger partial charge in [0.15, 0.2) is 0 Å². The highest BCUT2D eigenvalue weighted by Crippen LogP contribution is 2.37. The monoisotopic (exact) mass is 219 g/mol. The average molecular weight is 219 g/mol. The number of rotatable bonds is 3. The van der Waals surface area contributed by atoms with Gasteiger partial charge in [0.05, 0.1) is 12.0 Å². The van der Waals surface area contributed by atoms with Gasteiger partial charge >= 0.3 is 0 Å². The summed E-state index contributed by atoms with van der Waals surface area (Å²) in [5.41, 5.74) is 1.40. The second kappa shape index (κ2) is 4.21. The molecule has 1 aromatic heterocycles. The predicted molar refractivity (Wildman–Crippen MR) is 64.3 cm³/mol. The van der Waals surface area contributed by atoms with Crippen molar-refractivity contribution >= 4 is 0 Å². The van der Waals surface area contributed by atoms with Crippen LogP contribution in [0, 0.1) is 5.92 Å². The van der Waals surface area contributed by atoms with Gasteiger partial charge in [-0.15, -0.1) is 0 Å². The maximum absolute atomic E-state index is 4.35. The van der Waals surface area contributed by atoms with E-state index in [-0.39, 0.29) is 0 Å². The Kier molecular flexibility index (Phi) is 2.72. The summed E-state index contributed by atoms with van der Waals surface area (Å²) in [5.74, 6) is 0.884. The standard InChI is InChI=1S/C13H21N3/c1-10(11-4-2-5-11)16-9-14-8-13(16)12-6-3-7-15-12/h8-12,15H,2-7H2,1H3/t10?,12-/m0/s1. The number of nitrogens with zero attached hydrogens (tertiary/aromatic N) is 2. The zero-order valence-electron chi connectivity index (χ0n) is 10.0. The van der Waals surface area contributed by atoms with Crippen LogP contribution in [-0.2, 0) is 0 Å². The van der Waals surface area contributed by atoms with E-state index in [1.807, 2.05) is 6.33 Å². The highest BCUT2D eigenvalue weighted by atomic mass is 15.1. The van der Waals surface area contributed by atoms with Gasteiger partial charge in [0.25, 0.3) is 0 Å². The fourth-order valence-corrected chi connectivity index (χ4v) is 3.01. The lowest BCUT2D eigenvalue weighted by molar-refractivity contribution is 0.217. The molecule has 2 aliphatic rings. The summed E-state index contributed by atoms with van der Waals surface area (Å²) in [5, 5.41) is 3.57. The van der Waals surface area contributed by atoms with Crippen LogP contribution in [-0.4, -0.2) is 16.1 Å². The van der Waals surface area contributed by atoms with Gasteiger partial charge in [-0.1, -0.05) is 6.42 Å². The molecule has 1 aromatic rings. The van der Waals surface area contributed by atoms with E-state index in [4.69, 9.17) is 0 Å². The van der Waals surface area contributed by atoms with E-state index in [0.29, 0.717) is 12.1 Å². The van der Waals surface area contributed by atoms with Crippen LogP contribution in [0.3, 0.4) is 0 Å². The molecule has 1 aliphatic heterocycles. The van der Waals surface area contributed by atoms with Crippen LogP contribution in [0.25, 0.3) is 0 Å². The first-order valence-corrected chi connectivity index (χ1v) is 6.61. The first kappa shape index (κ1) is 10.3. The van der Waals surface area contributed by atoms with Crippen molar-refractivity contribution in [3.8, 4) is 0 Å². The lowest BCUT2D eigenvalue weighted by Crippen LogP contribution is -2.26. The Labute approximate surface area is 97.3 Å². The molecule has 3 heteroatoms. The Bertz CT molecular complexity index is 348. The fourth-order valence-electron chi connectivity index (χ4n) is 3.01. The molecule has 2 fully saturated rings. The maximum Gasteiger partial charge on any atom is 0.0951 e. The van der Waals surface area contributed by atoms with Crippen LogP contribution in [0.4, 0.5) is 0 Å². The highest BCUT2D eigenvalue weighted by molar-refractivity contribution is 5.09. The van der Waals surface area contributed by atoms with Crippen molar-refractivity contribution in [2.24, 2.45) is 5.92 Å². The van der Waals surface area contributed by atoms with E-state index in [1.165, 1.54) is 37.8 Å². The molecular formula is C13H21N3. The Morgan fingerprint density at radius 2 is 2.25 bits per heavy atom. The second-order valence-electron chi connectivity index (χ2n) is 5.31. The molecule has 3 nitrogen and oxygen atoms in total. The Morgan fingerprint density at radius 1 is 1.38 bits per heavy atom. The van der Waals surface area contributed by atoms with E-state index in [0.717, 1.165) is 12.5 Å². The van der Waals surface area contributed by atoms with Gasteiger partial charge in [0.2, 0.25) is 0 Å². The summed E-state index contributed by atoms with van der Waals surface area (Å²) in [4.78, 5) is 4.35. The molecule has 1 aliphatic carbocycles. The largest absolute Gasteiger partial charge is 0.330 e. The highest BCUT2D eigenvalue weighted by Gasteiger charge is 2.28. The third-order valence-corrected chi connectivity index (χ3v) is 4.38. The number of hydrogen-bond donors (Lipinski definition) is 1. The summed E-state index contributed by atoms with van der Waals surface area (Å²) in [6.07, 6.45) is 10.9. The Morgan fingerprint density at radius 3 is 2.88 bits per heavy atom. The smallest absolute Gasteiger partial charge is 0.0951 e. The van der Waals surface area contributed by atoms with Crippen molar-refractivity contribution in [2.45, 2.75) is 51.1 Å². The molecule has 0 radical (unpaired) electrons. The van der Waals surface area contributed by atoms with Crippen molar-refractivity contribution in [1.82, 2.24) is 14.9 Å². The Balaban J connectivity index is 1.80. The van der Waals surface area contributed by atoms with Crippen LogP contribution in [0.5, 0.6) is 0 Å². The van der Waals surface area contributed by atoms with E-state index >= 15 is 0 Å². The minimum atomic E-state index is 0.546. The number of aromatic nitrogens is 2. The van der Waals surface area contributed by atoms with E-state index in [1.54, 1.807) is 0 Å². The van der Waals surface area contributed by atoms with Gasteiger partial charge in [0.1, 0.15) is 0 Å². The summed E-state index contributed by atoms with van der Waals surface area (Å²) < 4.78 is 2.41.